The molecule has 27 heavy (non-hydrogen) atoms. The third kappa shape index (κ3) is 3.69. The lowest BCUT2D eigenvalue weighted by atomic mass is 9.99. The second kappa shape index (κ2) is 7.85. The summed E-state index contributed by atoms with van der Waals surface area (Å²) in [4.78, 5) is 4.62. The van der Waals surface area contributed by atoms with Gasteiger partial charge in [0.25, 0.3) is 0 Å². The van der Waals surface area contributed by atoms with E-state index in [1.54, 1.807) is 0 Å². The van der Waals surface area contributed by atoms with Gasteiger partial charge in [-0.25, -0.2) is 4.99 Å². The molecule has 0 bridgehead atoms. The van der Waals surface area contributed by atoms with E-state index in [4.69, 9.17) is 5.73 Å². The Hall–Kier alpha value is -2.78. The molecule has 3 aromatic carbocycles. The van der Waals surface area contributed by atoms with Crippen molar-refractivity contribution in [3.63, 3.8) is 0 Å². The van der Waals surface area contributed by atoms with Crippen molar-refractivity contribution in [1.29, 1.82) is 0 Å². The number of guanidine groups is 1. The van der Waals surface area contributed by atoms with Crippen molar-refractivity contribution in [2.75, 3.05) is 5.32 Å². The maximum absolute atomic E-state index is 6.17. The zero-order valence-corrected chi connectivity index (χ0v) is 16.4. The van der Waals surface area contributed by atoms with Crippen LogP contribution in [-0.2, 0) is 0 Å². The standard InChI is InChI=1S/C23H23N3.ClH/c1-3-15(2)16-9-12-19(13-10-16)25-23(24)26-21-14-11-18-8-7-17-5-4-6-20(21)22(17)18;/h4-15H,3H2,1-2H3,(H3,24,25,26);1H. The molecule has 0 spiro atoms. The molecule has 0 saturated heterocycles. The van der Waals surface area contributed by atoms with Gasteiger partial charge in [0, 0.05) is 11.1 Å². The maximum atomic E-state index is 6.17. The van der Waals surface area contributed by atoms with Gasteiger partial charge in [-0.1, -0.05) is 62.4 Å². The molecule has 1 aliphatic rings. The van der Waals surface area contributed by atoms with Crippen LogP contribution in [0.2, 0.25) is 0 Å². The summed E-state index contributed by atoms with van der Waals surface area (Å²) in [6.45, 7) is 4.44. The van der Waals surface area contributed by atoms with E-state index in [2.05, 4.69) is 84.8 Å². The largest absolute Gasteiger partial charge is 0.369 e. The predicted molar refractivity (Wildman–Crippen MR) is 120 cm³/mol. The van der Waals surface area contributed by atoms with E-state index in [9.17, 15) is 0 Å². The Morgan fingerprint density at radius 2 is 1.70 bits per heavy atom. The van der Waals surface area contributed by atoms with Crippen LogP contribution in [0.3, 0.4) is 0 Å². The van der Waals surface area contributed by atoms with Gasteiger partial charge in [0.15, 0.2) is 5.96 Å². The summed E-state index contributed by atoms with van der Waals surface area (Å²) in [6.07, 6.45) is 5.42. The minimum absolute atomic E-state index is 0. The Bertz CT molecular complexity index is 1010. The van der Waals surface area contributed by atoms with Crippen LogP contribution in [0.1, 0.15) is 42.9 Å². The van der Waals surface area contributed by atoms with Crippen LogP contribution in [0.5, 0.6) is 0 Å². The van der Waals surface area contributed by atoms with Crippen LogP contribution in [0.15, 0.2) is 59.6 Å². The zero-order chi connectivity index (χ0) is 18.1. The first-order valence-corrected chi connectivity index (χ1v) is 9.10. The average Bonchev–Trinajstić information content (AvgIpc) is 3.09. The molecule has 4 rings (SSSR count). The van der Waals surface area contributed by atoms with Crippen LogP contribution in [0.4, 0.5) is 11.4 Å². The van der Waals surface area contributed by atoms with Crippen molar-refractivity contribution in [2.24, 2.45) is 10.7 Å². The van der Waals surface area contributed by atoms with E-state index in [-0.39, 0.29) is 12.4 Å². The third-order valence-electron chi connectivity index (χ3n) is 5.13. The number of nitrogens with two attached hydrogens (primary N) is 1. The molecule has 4 heteroatoms. The van der Waals surface area contributed by atoms with Gasteiger partial charge in [0.05, 0.1) is 5.69 Å². The second-order valence-corrected chi connectivity index (χ2v) is 6.83. The molecule has 0 amide bonds. The molecular weight excluding hydrogens is 354 g/mol. The fourth-order valence-electron chi connectivity index (χ4n) is 3.44. The summed E-state index contributed by atoms with van der Waals surface area (Å²) in [5, 5.41) is 5.57. The van der Waals surface area contributed by atoms with Crippen molar-refractivity contribution < 1.29 is 0 Å². The van der Waals surface area contributed by atoms with E-state index in [1.807, 2.05) is 6.07 Å². The molecule has 0 saturated carbocycles. The SMILES string of the molecule is CCC(C)c1ccc(NC(N)=Nc2ccc3c4c(cccc24)C=C3)cc1.Cl. The van der Waals surface area contributed by atoms with Gasteiger partial charge in [-0.3, -0.25) is 0 Å². The number of rotatable bonds is 4. The van der Waals surface area contributed by atoms with Crippen molar-refractivity contribution >= 4 is 52.7 Å². The molecule has 0 aliphatic heterocycles. The first-order valence-electron chi connectivity index (χ1n) is 9.10. The first kappa shape index (κ1) is 19.0. The van der Waals surface area contributed by atoms with E-state index >= 15 is 0 Å². The topological polar surface area (TPSA) is 50.4 Å². The summed E-state index contributed by atoms with van der Waals surface area (Å²) in [6, 6.07) is 18.8. The smallest absolute Gasteiger partial charge is 0.198 e. The summed E-state index contributed by atoms with van der Waals surface area (Å²) in [5.74, 6) is 0.963. The lowest BCUT2D eigenvalue weighted by molar-refractivity contribution is 0.734. The highest BCUT2D eigenvalue weighted by molar-refractivity contribution is 6.09. The molecule has 0 fully saturated rings. The van der Waals surface area contributed by atoms with Crippen LogP contribution < -0.4 is 11.1 Å². The Kier molecular flexibility index (Phi) is 5.52. The number of halogens is 1. The van der Waals surface area contributed by atoms with Crippen molar-refractivity contribution in [1.82, 2.24) is 0 Å². The quantitative estimate of drug-likeness (QED) is 0.323. The van der Waals surface area contributed by atoms with Gasteiger partial charge in [0.1, 0.15) is 0 Å². The van der Waals surface area contributed by atoms with Crippen LogP contribution >= 0.6 is 12.4 Å². The molecule has 1 aliphatic carbocycles. The Morgan fingerprint density at radius 3 is 2.41 bits per heavy atom. The molecule has 1 atom stereocenters. The molecule has 0 radical (unpaired) electrons. The first-order chi connectivity index (χ1) is 12.7. The van der Waals surface area contributed by atoms with E-state index in [0.717, 1.165) is 23.2 Å². The fraction of sp³-hybridized carbons (Fsp3) is 0.174. The molecule has 3 aromatic rings. The van der Waals surface area contributed by atoms with Gasteiger partial charge in [-0.15, -0.1) is 12.4 Å². The monoisotopic (exact) mass is 377 g/mol. The molecule has 3 N–H and O–H groups in total. The summed E-state index contributed by atoms with van der Waals surface area (Å²) in [7, 11) is 0. The Balaban J connectivity index is 0.00000210. The molecule has 1 unspecified atom stereocenters. The number of benzene rings is 3. The molecule has 138 valence electrons. The van der Waals surface area contributed by atoms with E-state index in [1.165, 1.54) is 22.1 Å². The van der Waals surface area contributed by atoms with E-state index < -0.39 is 0 Å². The molecular formula is C23H24ClN3. The van der Waals surface area contributed by atoms with Gasteiger partial charge in [-0.2, -0.15) is 0 Å². The predicted octanol–water partition coefficient (Wildman–Crippen LogP) is 6.32. The minimum Gasteiger partial charge on any atom is -0.369 e. The summed E-state index contributed by atoms with van der Waals surface area (Å²) < 4.78 is 0. The lowest BCUT2D eigenvalue weighted by Crippen LogP contribution is -2.21. The van der Waals surface area contributed by atoms with Gasteiger partial charge in [-0.05, 0) is 52.6 Å². The number of hydrogen-bond acceptors (Lipinski definition) is 1. The average molecular weight is 378 g/mol. The zero-order valence-electron chi connectivity index (χ0n) is 15.6. The highest BCUT2D eigenvalue weighted by Crippen LogP contribution is 2.36. The lowest BCUT2D eigenvalue weighted by Gasteiger charge is -2.11. The van der Waals surface area contributed by atoms with Crippen molar-refractivity contribution in [3.05, 3.63) is 71.3 Å². The molecule has 0 heterocycles. The third-order valence-corrected chi connectivity index (χ3v) is 5.13. The number of anilines is 1. The minimum atomic E-state index is 0. The van der Waals surface area contributed by atoms with Crippen LogP contribution in [0, 0.1) is 0 Å². The second-order valence-electron chi connectivity index (χ2n) is 6.83. The van der Waals surface area contributed by atoms with Gasteiger partial charge in [0.2, 0.25) is 0 Å². The normalized spacial score (nSPS) is 13.5. The Labute approximate surface area is 166 Å². The highest BCUT2D eigenvalue weighted by Gasteiger charge is 2.11. The van der Waals surface area contributed by atoms with Gasteiger partial charge < -0.3 is 11.1 Å². The fourth-order valence-corrected chi connectivity index (χ4v) is 3.44. The maximum Gasteiger partial charge on any atom is 0.198 e. The number of nitrogens with zero attached hydrogens (tertiary/aromatic N) is 1. The van der Waals surface area contributed by atoms with Crippen LogP contribution in [0.25, 0.3) is 22.9 Å². The highest BCUT2D eigenvalue weighted by atomic mass is 35.5. The van der Waals surface area contributed by atoms with Crippen LogP contribution in [-0.4, -0.2) is 5.96 Å². The summed E-state index contributed by atoms with van der Waals surface area (Å²) >= 11 is 0. The number of aliphatic imine (C=N–C) groups is 1. The Morgan fingerprint density at radius 1 is 1.00 bits per heavy atom. The van der Waals surface area contributed by atoms with Crippen molar-refractivity contribution in [3.8, 4) is 0 Å². The molecule has 0 aromatic heterocycles. The number of hydrogen-bond donors (Lipinski definition) is 2. The summed E-state index contributed by atoms with van der Waals surface area (Å²) in [5.41, 5.74) is 11.8. The van der Waals surface area contributed by atoms with E-state index in [0.29, 0.717) is 11.9 Å². The molecule has 3 nitrogen and oxygen atoms in total. The number of nitrogens with one attached hydrogen (secondary N) is 1. The van der Waals surface area contributed by atoms with Gasteiger partial charge >= 0.3 is 0 Å². The van der Waals surface area contributed by atoms with Crippen molar-refractivity contribution in [2.45, 2.75) is 26.2 Å².